The van der Waals surface area contributed by atoms with Crippen molar-refractivity contribution in [2.45, 2.75) is 44.6 Å². The van der Waals surface area contributed by atoms with Gasteiger partial charge >= 0.3 is 0 Å². The highest BCUT2D eigenvalue weighted by atomic mass is 32.2. The largest absolute Gasteiger partial charge is 0.596 e. The highest BCUT2D eigenvalue weighted by Crippen LogP contribution is 2.19. The van der Waals surface area contributed by atoms with E-state index in [-0.39, 0.29) is 25.0 Å². The molecule has 0 aliphatic carbocycles. The van der Waals surface area contributed by atoms with Crippen molar-refractivity contribution in [3.63, 3.8) is 0 Å². The van der Waals surface area contributed by atoms with Gasteiger partial charge in [-0.15, -0.1) is 0 Å². The van der Waals surface area contributed by atoms with Crippen molar-refractivity contribution in [3.05, 3.63) is 41.6 Å². The molecule has 1 aromatic rings. The number of benzene rings is 1. The fourth-order valence-corrected chi connectivity index (χ4v) is 3.03. The first-order chi connectivity index (χ1) is 13.8. The molecule has 0 spiro atoms. The number of ether oxygens (including phenoxy) is 1. The molecular formula is C19H27N3O6S. The van der Waals surface area contributed by atoms with Gasteiger partial charge in [0.2, 0.25) is 0 Å². The number of hydrogen-bond acceptors (Lipinski definition) is 7. The highest BCUT2D eigenvalue weighted by Gasteiger charge is 2.33. The third-order valence-electron chi connectivity index (χ3n) is 4.39. The quantitative estimate of drug-likeness (QED) is 0.395. The van der Waals surface area contributed by atoms with E-state index in [9.17, 15) is 14.1 Å². The van der Waals surface area contributed by atoms with Crippen LogP contribution in [-0.4, -0.2) is 41.1 Å². The molecule has 2 rings (SSSR count). The van der Waals surface area contributed by atoms with Crippen LogP contribution in [0, 0.1) is 13.8 Å². The van der Waals surface area contributed by atoms with Crippen molar-refractivity contribution in [3.8, 4) is 5.75 Å². The lowest BCUT2D eigenvalue weighted by atomic mass is 10.1. The zero-order valence-electron chi connectivity index (χ0n) is 16.6. The molecule has 3 atom stereocenters. The molecule has 4 N–H and O–H groups in total. The van der Waals surface area contributed by atoms with Crippen LogP contribution in [0.25, 0.3) is 0 Å². The Hall–Kier alpha value is -2.11. The summed E-state index contributed by atoms with van der Waals surface area (Å²) in [5.74, 6) is -0.0654. The fourth-order valence-electron chi connectivity index (χ4n) is 2.54. The third-order valence-corrected chi connectivity index (χ3v) is 5.22. The lowest BCUT2D eigenvalue weighted by molar-refractivity contribution is -0.347. The number of carbonyl (C=O) groups excluding carboxylic acids is 2. The molecule has 0 bridgehead atoms. The summed E-state index contributed by atoms with van der Waals surface area (Å²) in [5, 5.41) is 10.5. The Morgan fingerprint density at radius 3 is 2.69 bits per heavy atom. The van der Waals surface area contributed by atoms with Gasteiger partial charge in [0.1, 0.15) is 5.75 Å². The number of carbonyl (C=O) groups is 2. The van der Waals surface area contributed by atoms with Crippen LogP contribution in [0.3, 0.4) is 0 Å². The Morgan fingerprint density at radius 2 is 2.07 bits per heavy atom. The van der Waals surface area contributed by atoms with E-state index >= 15 is 0 Å². The van der Waals surface area contributed by atoms with Gasteiger partial charge in [-0.3, -0.25) is 9.59 Å². The van der Waals surface area contributed by atoms with Crippen LogP contribution >= 0.6 is 0 Å². The molecule has 3 unspecified atom stereocenters. The number of aryl methyl sites for hydroxylation is 2. The first-order valence-electron chi connectivity index (χ1n) is 9.18. The zero-order chi connectivity index (χ0) is 21.4. The Morgan fingerprint density at radius 1 is 1.31 bits per heavy atom. The van der Waals surface area contributed by atoms with E-state index in [4.69, 9.17) is 19.7 Å². The van der Waals surface area contributed by atoms with Crippen LogP contribution < -0.4 is 20.5 Å². The number of rotatable bonds is 9. The molecule has 0 saturated carbocycles. The normalized spacial score (nSPS) is 19.9. The number of hydrogen-bond donors (Lipinski definition) is 3. The maximum Gasteiger partial charge on any atom is 0.264 e. The van der Waals surface area contributed by atoms with Crippen molar-refractivity contribution in [1.82, 2.24) is 10.6 Å². The minimum absolute atomic E-state index is 0.134. The summed E-state index contributed by atoms with van der Waals surface area (Å²) in [6.07, 6.45) is 0.283. The first-order valence-corrected chi connectivity index (χ1v) is 10.5. The van der Waals surface area contributed by atoms with Gasteiger partial charge in [0.25, 0.3) is 17.3 Å². The zero-order valence-corrected chi connectivity index (χ0v) is 17.4. The number of nitrogens with one attached hydrogen (secondary N) is 2. The van der Waals surface area contributed by atoms with Gasteiger partial charge in [-0.1, -0.05) is 12.6 Å². The van der Waals surface area contributed by atoms with E-state index in [0.717, 1.165) is 11.1 Å². The molecule has 2 amide bonds. The molecule has 1 saturated heterocycles. The maximum atomic E-state index is 12.0. The molecule has 1 aromatic carbocycles. The Bertz CT molecular complexity index is 735. The minimum Gasteiger partial charge on any atom is -0.596 e. The minimum atomic E-state index is -1.66. The second kappa shape index (κ2) is 11.2. The summed E-state index contributed by atoms with van der Waals surface area (Å²) in [5.41, 5.74) is 1.97. The van der Waals surface area contributed by atoms with Crippen molar-refractivity contribution in [2.24, 2.45) is 5.14 Å². The summed E-state index contributed by atoms with van der Waals surface area (Å²) in [7, 11) is 0. The van der Waals surface area contributed by atoms with Gasteiger partial charge in [0.15, 0.2) is 12.7 Å². The van der Waals surface area contributed by atoms with Crippen molar-refractivity contribution in [1.29, 1.82) is 0 Å². The van der Waals surface area contributed by atoms with Gasteiger partial charge in [-0.2, -0.15) is 10.0 Å². The van der Waals surface area contributed by atoms with Gasteiger partial charge in [0.05, 0.1) is 11.4 Å². The van der Waals surface area contributed by atoms with Gasteiger partial charge in [-0.25, -0.2) is 4.89 Å². The molecular weight excluding hydrogens is 398 g/mol. The molecule has 160 valence electrons. The summed E-state index contributed by atoms with van der Waals surface area (Å²) < 4.78 is 16.6. The summed E-state index contributed by atoms with van der Waals surface area (Å²) in [4.78, 5) is 33.8. The van der Waals surface area contributed by atoms with Crippen LogP contribution in [0.2, 0.25) is 0 Å². The van der Waals surface area contributed by atoms with Crippen molar-refractivity contribution in [2.75, 3.05) is 13.2 Å². The Kier molecular flexibility index (Phi) is 8.93. The second-order valence-electron chi connectivity index (χ2n) is 6.74. The van der Waals surface area contributed by atoms with Crippen LogP contribution in [0.15, 0.2) is 30.5 Å². The van der Waals surface area contributed by atoms with Crippen LogP contribution in [-0.2, 0) is 30.7 Å². The molecule has 0 radical (unpaired) electrons. The lowest BCUT2D eigenvalue weighted by Crippen LogP contribution is -2.44. The fraction of sp³-hybridized carbons (Fsp3) is 0.474. The Labute approximate surface area is 173 Å². The summed E-state index contributed by atoms with van der Waals surface area (Å²) in [6, 6.07) is 5.61. The van der Waals surface area contributed by atoms with Crippen LogP contribution in [0.1, 0.15) is 30.4 Å². The van der Waals surface area contributed by atoms with Gasteiger partial charge < -0.3 is 19.9 Å². The number of nitrogens with two attached hydrogens (primary N) is 1. The average Bonchev–Trinajstić information content (AvgIpc) is 2.68. The lowest BCUT2D eigenvalue weighted by Gasteiger charge is -2.25. The Balaban J connectivity index is 1.62. The standard InChI is InChI=1S/C19H27N3O6S/c1-12-4-5-15(10-13(12)2)26-11-17(23)22-14(3)8-9-21-19(24)16-6-7-18(28-27-16)29(20)25/h4-5,10,16,18H,3,6-9,11,20H2,1-2H3,(H,21,24)(H,22,23). The van der Waals surface area contributed by atoms with E-state index in [2.05, 4.69) is 17.2 Å². The van der Waals surface area contributed by atoms with E-state index in [1.54, 1.807) is 0 Å². The van der Waals surface area contributed by atoms with Crippen LogP contribution in [0.5, 0.6) is 5.75 Å². The molecule has 10 heteroatoms. The average molecular weight is 426 g/mol. The molecule has 29 heavy (non-hydrogen) atoms. The molecule has 1 aliphatic rings. The summed E-state index contributed by atoms with van der Waals surface area (Å²) in [6.45, 7) is 7.88. The summed E-state index contributed by atoms with van der Waals surface area (Å²) >= 11 is -1.66. The molecule has 1 aliphatic heterocycles. The predicted molar refractivity (Wildman–Crippen MR) is 108 cm³/mol. The maximum absolute atomic E-state index is 12.0. The SMILES string of the molecule is C=C(CCNC(=O)C1CCC([S+](N)[O-])OO1)NC(=O)COc1ccc(C)c(C)c1. The smallest absolute Gasteiger partial charge is 0.264 e. The van der Waals surface area contributed by atoms with E-state index in [0.29, 0.717) is 30.7 Å². The van der Waals surface area contributed by atoms with E-state index < -0.39 is 22.9 Å². The van der Waals surface area contributed by atoms with Gasteiger partial charge in [0, 0.05) is 25.1 Å². The van der Waals surface area contributed by atoms with Crippen LogP contribution in [0.4, 0.5) is 0 Å². The number of amides is 2. The van der Waals surface area contributed by atoms with E-state index in [1.165, 1.54) is 0 Å². The molecule has 1 fully saturated rings. The second-order valence-corrected chi connectivity index (χ2v) is 7.93. The van der Waals surface area contributed by atoms with Crippen molar-refractivity contribution >= 4 is 23.2 Å². The molecule has 0 aromatic heterocycles. The monoisotopic (exact) mass is 425 g/mol. The molecule has 9 nitrogen and oxygen atoms in total. The van der Waals surface area contributed by atoms with E-state index in [1.807, 2.05) is 32.0 Å². The first kappa shape index (κ1) is 23.2. The topological polar surface area (TPSA) is 135 Å². The predicted octanol–water partition coefficient (Wildman–Crippen LogP) is 0.878. The third kappa shape index (κ3) is 7.67. The highest BCUT2D eigenvalue weighted by molar-refractivity contribution is 7.89. The van der Waals surface area contributed by atoms with Gasteiger partial charge in [-0.05, 0) is 43.5 Å². The molecule has 1 heterocycles. The van der Waals surface area contributed by atoms with Crippen molar-refractivity contribution < 1.29 is 28.7 Å².